The highest BCUT2D eigenvalue weighted by molar-refractivity contribution is 6.05. The van der Waals surface area contributed by atoms with Gasteiger partial charge in [-0.1, -0.05) is 24.3 Å². The molecule has 1 heterocycles. The molecule has 0 atom stereocenters. The van der Waals surface area contributed by atoms with Crippen LogP contribution in [-0.4, -0.2) is 28.0 Å². The number of ether oxygens (including phenoxy) is 1. The number of aromatic hydroxyl groups is 1. The van der Waals surface area contributed by atoms with Crippen molar-refractivity contribution in [2.75, 3.05) is 7.11 Å². The van der Waals surface area contributed by atoms with Gasteiger partial charge in [-0.2, -0.15) is 0 Å². The van der Waals surface area contributed by atoms with E-state index in [2.05, 4.69) is 9.97 Å². The first-order chi connectivity index (χ1) is 10.7. The molecule has 0 radical (unpaired) electrons. The van der Waals surface area contributed by atoms with E-state index in [1.54, 1.807) is 18.2 Å². The number of hydrogen-bond acceptors (Lipinski definition) is 4. The van der Waals surface area contributed by atoms with Crippen LogP contribution in [0.25, 0.3) is 17.1 Å². The van der Waals surface area contributed by atoms with Gasteiger partial charge in [0.15, 0.2) is 17.3 Å². The van der Waals surface area contributed by atoms with Gasteiger partial charge in [0, 0.05) is 0 Å². The van der Waals surface area contributed by atoms with Crippen molar-refractivity contribution in [3.8, 4) is 11.5 Å². The standard InChI is InChI=1S/C17H14N2O3/c1-22-16-10-11(6-8-14(16)20)7-9-15(21)17-18-12-4-2-3-5-13(12)19-17/h2-10,20H,1H3,(H,18,19)/b9-7+. The second kappa shape index (κ2) is 5.73. The third-order valence-electron chi connectivity index (χ3n) is 3.25. The van der Waals surface area contributed by atoms with Gasteiger partial charge < -0.3 is 14.8 Å². The van der Waals surface area contributed by atoms with E-state index in [-0.39, 0.29) is 11.5 Å². The summed E-state index contributed by atoms with van der Waals surface area (Å²) < 4.78 is 5.03. The van der Waals surface area contributed by atoms with Gasteiger partial charge in [0.25, 0.3) is 0 Å². The number of carbonyl (C=O) groups excluding carboxylic acids is 1. The number of H-pyrrole nitrogens is 1. The number of methoxy groups -OCH3 is 1. The maximum absolute atomic E-state index is 12.1. The molecule has 0 fully saturated rings. The van der Waals surface area contributed by atoms with Crippen molar-refractivity contribution in [3.63, 3.8) is 0 Å². The van der Waals surface area contributed by atoms with Crippen LogP contribution in [0.2, 0.25) is 0 Å². The molecule has 0 unspecified atom stereocenters. The van der Waals surface area contributed by atoms with Gasteiger partial charge in [-0.15, -0.1) is 0 Å². The van der Waals surface area contributed by atoms with Crippen LogP contribution in [0.3, 0.4) is 0 Å². The number of para-hydroxylation sites is 2. The maximum atomic E-state index is 12.1. The predicted molar refractivity (Wildman–Crippen MR) is 84.1 cm³/mol. The molecule has 3 rings (SSSR count). The minimum Gasteiger partial charge on any atom is -0.504 e. The lowest BCUT2D eigenvalue weighted by atomic mass is 10.1. The zero-order valence-corrected chi connectivity index (χ0v) is 11.9. The van der Waals surface area contributed by atoms with E-state index in [0.717, 1.165) is 16.6 Å². The Balaban J connectivity index is 1.84. The molecule has 22 heavy (non-hydrogen) atoms. The lowest BCUT2D eigenvalue weighted by molar-refractivity contribution is 0.103. The first-order valence-corrected chi connectivity index (χ1v) is 6.71. The third-order valence-corrected chi connectivity index (χ3v) is 3.25. The van der Waals surface area contributed by atoms with E-state index < -0.39 is 0 Å². The monoisotopic (exact) mass is 294 g/mol. The van der Waals surface area contributed by atoms with Crippen LogP contribution in [0.4, 0.5) is 0 Å². The molecule has 3 aromatic rings. The summed E-state index contributed by atoms with van der Waals surface area (Å²) in [6, 6.07) is 12.3. The van der Waals surface area contributed by atoms with E-state index in [1.165, 1.54) is 19.3 Å². The topological polar surface area (TPSA) is 75.2 Å². The Bertz CT molecular complexity index is 832. The van der Waals surface area contributed by atoms with E-state index in [0.29, 0.717) is 11.6 Å². The van der Waals surface area contributed by atoms with Gasteiger partial charge in [-0.3, -0.25) is 4.79 Å². The number of imidazole rings is 1. The number of phenolic OH excluding ortho intramolecular Hbond substituents is 1. The molecule has 0 amide bonds. The highest BCUT2D eigenvalue weighted by atomic mass is 16.5. The third kappa shape index (κ3) is 2.69. The van der Waals surface area contributed by atoms with Gasteiger partial charge in [0.2, 0.25) is 5.78 Å². The number of phenols is 1. The second-order valence-electron chi connectivity index (χ2n) is 4.73. The molecule has 0 saturated heterocycles. The van der Waals surface area contributed by atoms with Gasteiger partial charge in [-0.05, 0) is 35.9 Å². The summed E-state index contributed by atoms with van der Waals surface area (Å²) in [4.78, 5) is 19.4. The number of benzene rings is 2. The van der Waals surface area contributed by atoms with E-state index >= 15 is 0 Å². The van der Waals surface area contributed by atoms with Crippen LogP contribution in [0.15, 0.2) is 48.5 Å². The fourth-order valence-corrected chi connectivity index (χ4v) is 2.12. The highest BCUT2D eigenvalue weighted by Crippen LogP contribution is 2.26. The molecule has 0 aliphatic rings. The van der Waals surface area contributed by atoms with Crippen molar-refractivity contribution in [1.29, 1.82) is 0 Å². The first-order valence-electron chi connectivity index (χ1n) is 6.71. The van der Waals surface area contributed by atoms with Gasteiger partial charge in [0.1, 0.15) is 0 Å². The average Bonchev–Trinajstić information content (AvgIpc) is 2.98. The number of fused-ring (bicyclic) bond motifs is 1. The molecule has 1 aromatic heterocycles. The molecule has 0 aliphatic heterocycles. The van der Waals surface area contributed by atoms with E-state index in [1.807, 2.05) is 24.3 Å². The van der Waals surface area contributed by atoms with Gasteiger partial charge in [-0.25, -0.2) is 4.98 Å². The van der Waals surface area contributed by atoms with Crippen LogP contribution in [0.5, 0.6) is 11.5 Å². The molecule has 0 aliphatic carbocycles. The van der Waals surface area contributed by atoms with Crippen molar-refractivity contribution in [2.24, 2.45) is 0 Å². The predicted octanol–water partition coefficient (Wildman–Crippen LogP) is 3.17. The quantitative estimate of drug-likeness (QED) is 0.572. The number of allylic oxidation sites excluding steroid dienone is 1. The summed E-state index contributed by atoms with van der Waals surface area (Å²) >= 11 is 0. The van der Waals surface area contributed by atoms with Crippen molar-refractivity contribution in [1.82, 2.24) is 9.97 Å². The Morgan fingerprint density at radius 2 is 2.09 bits per heavy atom. The SMILES string of the molecule is COc1cc(/C=C/C(=O)c2nc3ccccc3[nH]2)ccc1O. The Labute approximate surface area is 126 Å². The smallest absolute Gasteiger partial charge is 0.221 e. The van der Waals surface area contributed by atoms with Gasteiger partial charge in [0.05, 0.1) is 18.1 Å². The molecule has 2 N–H and O–H groups in total. The summed E-state index contributed by atoms with van der Waals surface area (Å²) in [6.45, 7) is 0. The Kier molecular flexibility index (Phi) is 3.62. The molecule has 2 aromatic carbocycles. The van der Waals surface area contributed by atoms with Crippen molar-refractivity contribution < 1.29 is 14.6 Å². The Morgan fingerprint density at radius 3 is 2.86 bits per heavy atom. The Morgan fingerprint density at radius 1 is 1.27 bits per heavy atom. The number of hydrogen-bond donors (Lipinski definition) is 2. The van der Waals surface area contributed by atoms with Crippen LogP contribution in [-0.2, 0) is 0 Å². The van der Waals surface area contributed by atoms with Crippen LogP contribution in [0.1, 0.15) is 16.2 Å². The fourth-order valence-electron chi connectivity index (χ4n) is 2.12. The van der Waals surface area contributed by atoms with Gasteiger partial charge >= 0.3 is 0 Å². The number of aromatic nitrogens is 2. The molecule has 0 saturated carbocycles. The zero-order valence-electron chi connectivity index (χ0n) is 11.9. The molecule has 0 spiro atoms. The largest absolute Gasteiger partial charge is 0.504 e. The Hall–Kier alpha value is -3.08. The highest BCUT2D eigenvalue weighted by Gasteiger charge is 2.08. The normalized spacial score (nSPS) is 11.1. The number of ketones is 1. The summed E-state index contributed by atoms with van der Waals surface area (Å²) in [7, 11) is 1.47. The lowest BCUT2D eigenvalue weighted by Gasteiger charge is -2.03. The van der Waals surface area contributed by atoms with Crippen molar-refractivity contribution in [2.45, 2.75) is 0 Å². The molecular weight excluding hydrogens is 280 g/mol. The number of nitrogens with zero attached hydrogens (tertiary/aromatic N) is 1. The second-order valence-corrected chi connectivity index (χ2v) is 4.73. The molecular formula is C17H14N2O3. The zero-order chi connectivity index (χ0) is 15.5. The average molecular weight is 294 g/mol. The summed E-state index contributed by atoms with van der Waals surface area (Å²) in [5.74, 6) is 0.494. The molecule has 0 bridgehead atoms. The molecule has 110 valence electrons. The summed E-state index contributed by atoms with van der Waals surface area (Å²) in [5.41, 5.74) is 2.33. The molecule has 5 heteroatoms. The minimum atomic E-state index is -0.219. The number of nitrogens with one attached hydrogen (secondary N) is 1. The summed E-state index contributed by atoms with van der Waals surface area (Å²) in [5, 5.41) is 9.54. The molecule has 5 nitrogen and oxygen atoms in total. The summed E-state index contributed by atoms with van der Waals surface area (Å²) in [6.07, 6.45) is 3.08. The van der Waals surface area contributed by atoms with Crippen LogP contribution < -0.4 is 4.74 Å². The fraction of sp³-hybridized carbons (Fsp3) is 0.0588. The lowest BCUT2D eigenvalue weighted by Crippen LogP contribution is -1.96. The van der Waals surface area contributed by atoms with Crippen molar-refractivity contribution >= 4 is 22.9 Å². The van der Waals surface area contributed by atoms with E-state index in [4.69, 9.17) is 4.74 Å². The van der Waals surface area contributed by atoms with Crippen molar-refractivity contribution in [3.05, 3.63) is 59.9 Å². The van der Waals surface area contributed by atoms with Crippen LogP contribution >= 0.6 is 0 Å². The number of rotatable bonds is 4. The first kappa shape index (κ1) is 13.9. The number of aromatic amines is 1. The van der Waals surface area contributed by atoms with Crippen LogP contribution in [0, 0.1) is 0 Å². The minimum absolute atomic E-state index is 0.0586. The van der Waals surface area contributed by atoms with E-state index in [9.17, 15) is 9.90 Å². The maximum Gasteiger partial charge on any atom is 0.221 e. The number of carbonyl (C=O) groups is 1.